The van der Waals surface area contributed by atoms with Crippen molar-refractivity contribution in [3.63, 3.8) is 0 Å². The molecule has 2 aliphatic rings. The Morgan fingerprint density at radius 1 is 1.35 bits per heavy atom. The van der Waals surface area contributed by atoms with Gasteiger partial charge in [0, 0.05) is 31.8 Å². The van der Waals surface area contributed by atoms with E-state index in [0.717, 1.165) is 13.2 Å². The monoisotopic (exact) mass is 240 g/mol. The molecule has 100 valence electrons. The molecule has 1 N–H and O–H groups in total. The van der Waals surface area contributed by atoms with E-state index in [9.17, 15) is 0 Å². The van der Waals surface area contributed by atoms with E-state index < -0.39 is 0 Å². The minimum atomic E-state index is 0.498. The van der Waals surface area contributed by atoms with Crippen molar-refractivity contribution >= 4 is 0 Å². The van der Waals surface area contributed by atoms with Gasteiger partial charge in [0.2, 0.25) is 0 Å². The maximum absolute atomic E-state index is 5.78. The molecule has 17 heavy (non-hydrogen) atoms. The Morgan fingerprint density at radius 3 is 2.94 bits per heavy atom. The van der Waals surface area contributed by atoms with Gasteiger partial charge in [0.05, 0.1) is 6.10 Å². The van der Waals surface area contributed by atoms with Crippen molar-refractivity contribution < 1.29 is 4.74 Å². The van der Waals surface area contributed by atoms with Crippen LogP contribution in [0.5, 0.6) is 0 Å². The van der Waals surface area contributed by atoms with Crippen LogP contribution in [0.2, 0.25) is 0 Å². The number of nitrogens with one attached hydrogen (secondary N) is 1. The molecule has 0 spiro atoms. The molecule has 0 saturated carbocycles. The molecular formula is C14H28N2O. The summed E-state index contributed by atoms with van der Waals surface area (Å²) in [7, 11) is 0. The summed E-state index contributed by atoms with van der Waals surface area (Å²) in [6, 6.07) is 1.39. The molecule has 0 bridgehead atoms. The van der Waals surface area contributed by atoms with E-state index in [1.807, 2.05) is 0 Å². The average molecular weight is 240 g/mol. The Labute approximate surface area is 106 Å². The summed E-state index contributed by atoms with van der Waals surface area (Å²) >= 11 is 0. The van der Waals surface area contributed by atoms with Gasteiger partial charge in [-0.1, -0.05) is 13.3 Å². The molecule has 0 amide bonds. The molecule has 2 saturated heterocycles. The van der Waals surface area contributed by atoms with Crippen molar-refractivity contribution in [1.29, 1.82) is 0 Å². The first-order valence-corrected chi connectivity index (χ1v) is 7.38. The smallest absolute Gasteiger partial charge is 0.0702 e. The highest BCUT2D eigenvalue weighted by Crippen LogP contribution is 2.18. The summed E-state index contributed by atoms with van der Waals surface area (Å²) in [6.45, 7) is 9.14. The van der Waals surface area contributed by atoms with Crippen LogP contribution in [0.25, 0.3) is 0 Å². The minimum absolute atomic E-state index is 0.498. The van der Waals surface area contributed by atoms with Crippen LogP contribution in [-0.2, 0) is 4.74 Å². The van der Waals surface area contributed by atoms with Gasteiger partial charge < -0.3 is 10.1 Å². The second-order valence-electron chi connectivity index (χ2n) is 5.67. The zero-order chi connectivity index (χ0) is 12.1. The fourth-order valence-electron chi connectivity index (χ4n) is 3.05. The van der Waals surface area contributed by atoms with Gasteiger partial charge >= 0.3 is 0 Å². The van der Waals surface area contributed by atoms with Gasteiger partial charge in [0.25, 0.3) is 0 Å². The summed E-state index contributed by atoms with van der Waals surface area (Å²) in [5.41, 5.74) is 0. The van der Waals surface area contributed by atoms with Gasteiger partial charge in [0.15, 0.2) is 0 Å². The van der Waals surface area contributed by atoms with Crippen molar-refractivity contribution in [3.05, 3.63) is 0 Å². The first kappa shape index (κ1) is 13.3. The fourth-order valence-corrected chi connectivity index (χ4v) is 3.05. The highest BCUT2D eigenvalue weighted by Gasteiger charge is 2.26. The van der Waals surface area contributed by atoms with Crippen LogP contribution in [0.4, 0.5) is 0 Å². The number of hydrogen-bond acceptors (Lipinski definition) is 3. The minimum Gasteiger partial charge on any atom is -0.377 e. The van der Waals surface area contributed by atoms with Gasteiger partial charge in [0.1, 0.15) is 0 Å². The predicted molar refractivity (Wildman–Crippen MR) is 71.3 cm³/mol. The normalized spacial score (nSPS) is 36.0. The van der Waals surface area contributed by atoms with Crippen LogP contribution in [0.1, 0.15) is 46.0 Å². The molecule has 0 aromatic heterocycles. The molecule has 0 aromatic rings. The first-order valence-electron chi connectivity index (χ1n) is 7.38. The SMILES string of the molecule is CCCC1CN(CC2CCCO2)C(C)CCN1. The zero-order valence-corrected chi connectivity index (χ0v) is 11.5. The molecule has 3 unspecified atom stereocenters. The summed E-state index contributed by atoms with van der Waals surface area (Å²) in [5, 5.41) is 3.69. The summed E-state index contributed by atoms with van der Waals surface area (Å²) in [6.07, 6.45) is 6.86. The predicted octanol–water partition coefficient (Wildman–Crippen LogP) is 2.02. The van der Waals surface area contributed by atoms with Crippen LogP contribution in [-0.4, -0.2) is 49.3 Å². The lowest BCUT2D eigenvalue weighted by Crippen LogP contribution is -2.43. The van der Waals surface area contributed by atoms with E-state index in [1.165, 1.54) is 45.2 Å². The largest absolute Gasteiger partial charge is 0.377 e. The van der Waals surface area contributed by atoms with Crippen LogP contribution >= 0.6 is 0 Å². The van der Waals surface area contributed by atoms with Gasteiger partial charge in [-0.2, -0.15) is 0 Å². The van der Waals surface area contributed by atoms with E-state index in [-0.39, 0.29) is 0 Å². The summed E-state index contributed by atoms with van der Waals surface area (Å²) < 4.78 is 5.78. The van der Waals surface area contributed by atoms with Crippen molar-refractivity contribution in [2.24, 2.45) is 0 Å². The molecule has 0 radical (unpaired) electrons. The molecular weight excluding hydrogens is 212 g/mol. The third-order valence-electron chi connectivity index (χ3n) is 4.17. The van der Waals surface area contributed by atoms with E-state index in [0.29, 0.717) is 18.2 Å². The molecule has 0 aliphatic carbocycles. The quantitative estimate of drug-likeness (QED) is 0.813. The molecule has 2 fully saturated rings. The lowest BCUT2D eigenvalue weighted by Gasteiger charge is -2.31. The summed E-state index contributed by atoms with van der Waals surface area (Å²) in [4.78, 5) is 2.65. The zero-order valence-electron chi connectivity index (χ0n) is 11.5. The summed E-state index contributed by atoms with van der Waals surface area (Å²) in [5.74, 6) is 0. The average Bonchev–Trinajstić information content (AvgIpc) is 2.74. The van der Waals surface area contributed by atoms with Gasteiger partial charge in [-0.15, -0.1) is 0 Å². The molecule has 2 rings (SSSR count). The highest BCUT2D eigenvalue weighted by atomic mass is 16.5. The lowest BCUT2D eigenvalue weighted by atomic mass is 10.1. The topological polar surface area (TPSA) is 24.5 Å². The molecule has 2 heterocycles. The molecule has 2 aliphatic heterocycles. The van der Waals surface area contributed by atoms with Gasteiger partial charge in [-0.05, 0) is 39.2 Å². The third kappa shape index (κ3) is 3.94. The number of ether oxygens (including phenoxy) is 1. The van der Waals surface area contributed by atoms with E-state index in [1.54, 1.807) is 0 Å². The van der Waals surface area contributed by atoms with E-state index >= 15 is 0 Å². The second-order valence-corrected chi connectivity index (χ2v) is 5.67. The Morgan fingerprint density at radius 2 is 2.24 bits per heavy atom. The third-order valence-corrected chi connectivity index (χ3v) is 4.17. The maximum Gasteiger partial charge on any atom is 0.0702 e. The molecule has 0 aromatic carbocycles. The van der Waals surface area contributed by atoms with Crippen molar-refractivity contribution in [2.45, 2.75) is 64.1 Å². The van der Waals surface area contributed by atoms with E-state index in [2.05, 4.69) is 24.1 Å². The van der Waals surface area contributed by atoms with Gasteiger partial charge in [-0.3, -0.25) is 4.90 Å². The van der Waals surface area contributed by atoms with Crippen LogP contribution < -0.4 is 5.32 Å². The van der Waals surface area contributed by atoms with Crippen LogP contribution in [0, 0.1) is 0 Å². The molecule has 3 atom stereocenters. The molecule has 3 heteroatoms. The van der Waals surface area contributed by atoms with Crippen molar-refractivity contribution in [2.75, 3.05) is 26.2 Å². The first-order chi connectivity index (χ1) is 8.29. The Balaban J connectivity index is 1.86. The number of nitrogens with zero attached hydrogens (tertiary/aromatic N) is 1. The lowest BCUT2D eigenvalue weighted by molar-refractivity contribution is 0.0588. The highest BCUT2D eigenvalue weighted by molar-refractivity contribution is 4.83. The number of rotatable bonds is 4. The Bertz CT molecular complexity index is 216. The fraction of sp³-hybridized carbons (Fsp3) is 1.00. The van der Waals surface area contributed by atoms with Gasteiger partial charge in [-0.25, -0.2) is 0 Å². The Kier molecular flexibility index (Phi) is 5.26. The van der Waals surface area contributed by atoms with Crippen LogP contribution in [0.15, 0.2) is 0 Å². The van der Waals surface area contributed by atoms with E-state index in [4.69, 9.17) is 4.74 Å². The van der Waals surface area contributed by atoms with Crippen molar-refractivity contribution in [3.8, 4) is 0 Å². The number of hydrogen-bond donors (Lipinski definition) is 1. The second kappa shape index (κ2) is 6.72. The van der Waals surface area contributed by atoms with Crippen LogP contribution in [0.3, 0.4) is 0 Å². The molecule has 3 nitrogen and oxygen atoms in total. The maximum atomic E-state index is 5.78. The van der Waals surface area contributed by atoms with Crippen molar-refractivity contribution in [1.82, 2.24) is 10.2 Å². The Hall–Kier alpha value is -0.120. The standard InChI is InChI=1S/C14H28N2O/c1-3-5-13-10-16(12(2)7-8-15-13)11-14-6-4-9-17-14/h12-15H,3-11H2,1-2H3.